The molecule has 0 saturated heterocycles. The van der Waals surface area contributed by atoms with E-state index >= 15 is 0 Å². The molecule has 0 spiro atoms. The topological polar surface area (TPSA) is 50.8 Å². The summed E-state index contributed by atoms with van der Waals surface area (Å²) in [5.41, 5.74) is 3.22. The van der Waals surface area contributed by atoms with Crippen LogP contribution in [-0.2, 0) is 11.2 Å². The molecule has 2 aromatic rings. The summed E-state index contributed by atoms with van der Waals surface area (Å²) < 4.78 is 11.2. The number of carbonyl (C=O) groups excluding carboxylic acids is 1. The molecule has 2 aromatic carbocycles. The van der Waals surface area contributed by atoms with Crippen LogP contribution in [0.2, 0.25) is 0 Å². The second-order valence-electron chi connectivity index (χ2n) is 6.51. The van der Waals surface area contributed by atoms with E-state index in [9.17, 15) is 4.79 Å². The molecule has 0 aromatic heterocycles. The van der Waals surface area contributed by atoms with Gasteiger partial charge in [0.15, 0.2) is 11.5 Å². The highest BCUT2D eigenvalue weighted by molar-refractivity contribution is 5.91. The van der Waals surface area contributed by atoms with Crippen LogP contribution in [0.4, 0.5) is 5.69 Å². The van der Waals surface area contributed by atoms with Crippen molar-refractivity contribution in [3.63, 3.8) is 0 Å². The van der Waals surface area contributed by atoms with Crippen molar-refractivity contribution >= 4 is 17.7 Å². The van der Waals surface area contributed by atoms with Crippen molar-refractivity contribution in [2.45, 2.75) is 20.3 Å². The number of nitrogens with zero attached hydrogens (tertiary/aromatic N) is 1. The number of rotatable bonds is 10. The number of carbonyl (C=O) groups is 1. The van der Waals surface area contributed by atoms with E-state index in [2.05, 4.69) is 5.32 Å². The summed E-state index contributed by atoms with van der Waals surface area (Å²) in [5, 5.41) is 2.92. The highest BCUT2D eigenvalue weighted by Crippen LogP contribution is 2.28. The molecule has 0 heterocycles. The standard InChI is InChI=1S/C23H30N2O3/c1-5-27-21-13-9-19(17-22(21)28-6-2)15-16-24-23(26)14-10-18-7-11-20(12-8-18)25(3)4/h7-14,17H,5-6,15-16H2,1-4H3,(H,24,26)/b14-10+. The Morgan fingerprint density at radius 2 is 1.68 bits per heavy atom. The first-order valence-electron chi connectivity index (χ1n) is 9.65. The monoisotopic (exact) mass is 382 g/mol. The highest BCUT2D eigenvalue weighted by Gasteiger charge is 2.06. The zero-order chi connectivity index (χ0) is 20.4. The molecule has 0 bridgehead atoms. The zero-order valence-electron chi connectivity index (χ0n) is 17.2. The van der Waals surface area contributed by atoms with Gasteiger partial charge in [-0.15, -0.1) is 0 Å². The Balaban J connectivity index is 1.85. The second-order valence-corrected chi connectivity index (χ2v) is 6.51. The predicted molar refractivity (Wildman–Crippen MR) is 115 cm³/mol. The third kappa shape index (κ3) is 6.65. The van der Waals surface area contributed by atoms with Crippen LogP contribution in [0.25, 0.3) is 6.08 Å². The van der Waals surface area contributed by atoms with Crippen LogP contribution in [-0.4, -0.2) is 39.8 Å². The van der Waals surface area contributed by atoms with E-state index in [1.165, 1.54) is 0 Å². The Bertz CT molecular complexity index is 783. The van der Waals surface area contributed by atoms with E-state index < -0.39 is 0 Å². The van der Waals surface area contributed by atoms with Crippen LogP contribution in [0, 0.1) is 0 Å². The third-order valence-corrected chi connectivity index (χ3v) is 4.16. The summed E-state index contributed by atoms with van der Waals surface area (Å²) in [4.78, 5) is 14.1. The fourth-order valence-corrected chi connectivity index (χ4v) is 2.70. The first-order valence-corrected chi connectivity index (χ1v) is 9.65. The van der Waals surface area contributed by atoms with Crippen LogP contribution in [0.5, 0.6) is 11.5 Å². The number of ether oxygens (including phenoxy) is 2. The molecular weight excluding hydrogens is 352 g/mol. The minimum atomic E-state index is -0.104. The number of hydrogen-bond acceptors (Lipinski definition) is 4. The second kappa shape index (κ2) is 11.0. The number of benzene rings is 2. The van der Waals surface area contributed by atoms with Crippen LogP contribution < -0.4 is 19.7 Å². The highest BCUT2D eigenvalue weighted by atomic mass is 16.5. The van der Waals surface area contributed by atoms with Crippen LogP contribution in [0.3, 0.4) is 0 Å². The molecule has 0 aliphatic rings. The van der Waals surface area contributed by atoms with Gasteiger partial charge in [-0.05, 0) is 61.7 Å². The van der Waals surface area contributed by atoms with Gasteiger partial charge in [-0.3, -0.25) is 4.79 Å². The lowest BCUT2D eigenvalue weighted by atomic mass is 10.1. The molecule has 5 heteroatoms. The van der Waals surface area contributed by atoms with Crippen LogP contribution >= 0.6 is 0 Å². The van der Waals surface area contributed by atoms with E-state index in [4.69, 9.17) is 9.47 Å². The molecular formula is C23H30N2O3. The normalized spacial score (nSPS) is 10.7. The maximum atomic E-state index is 12.0. The summed E-state index contributed by atoms with van der Waals surface area (Å²) in [6, 6.07) is 13.9. The maximum absolute atomic E-state index is 12.0. The Kier molecular flexibility index (Phi) is 8.40. The number of hydrogen-bond donors (Lipinski definition) is 1. The zero-order valence-corrected chi connectivity index (χ0v) is 17.2. The van der Waals surface area contributed by atoms with Crippen LogP contribution in [0.15, 0.2) is 48.5 Å². The molecule has 0 radical (unpaired) electrons. The summed E-state index contributed by atoms with van der Waals surface area (Å²) in [5.74, 6) is 1.39. The van der Waals surface area contributed by atoms with Gasteiger partial charge in [0.1, 0.15) is 0 Å². The molecule has 1 N–H and O–H groups in total. The van der Waals surface area contributed by atoms with Gasteiger partial charge in [0.25, 0.3) is 0 Å². The van der Waals surface area contributed by atoms with Gasteiger partial charge < -0.3 is 19.7 Å². The fraction of sp³-hybridized carbons (Fsp3) is 0.348. The summed E-state index contributed by atoms with van der Waals surface area (Å²) in [7, 11) is 4.00. The lowest BCUT2D eigenvalue weighted by Gasteiger charge is -2.12. The first-order chi connectivity index (χ1) is 13.5. The molecule has 28 heavy (non-hydrogen) atoms. The van der Waals surface area contributed by atoms with Gasteiger partial charge in [0.05, 0.1) is 13.2 Å². The molecule has 5 nitrogen and oxygen atoms in total. The van der Waals surface area contributed by atoms with Gasteiger partial charge in [0, 0.05) is 32.4 Å². The SMILES string of the molecule is CCOc1ccc(CCNC(=O)/C=C/c2ccc(N(C)C)cc2)cc1OCC. The van der Waals surface area contributed by atoms with Gasteiger partial charge in [-0.1, -0.05) is 18.2 Å². The average molecular weight is 383 g/mol. The molecule has 0 aliphatic carbocycles. The Morgan fingerprint density at radius 3 is 2.32 bits per heavy atom. The molecule has 2 rings (SSSR count). The Hall–Kier alpha value is -2.95. The van der Waals surface area contributed by atoms with Crippen molar-refractivity contribution in [3.8, 4) is 11.5 Å². The van der Waals surface area contributed by atoms with Crippen LogP contribution in [0.1, 0.15) is 25.0 Å². The largest absolute Gasteiger partial charge is 0.490 e. The summed E-state index contributed by atoms with van der Waals surface area (Å²) in [6.07, 6.45) is 4.11. The number of amides is 1. The van der Waals surface area contributed by atoms with Crippen molar-refractivity contribution < 1.29 is 14.3 Å². The van der Waals surface area contributed by atoms with Crippen molar-refractivity contribution in [2.24, 2.45) is 0 Å². The smallest absolute Gasteiger partial charge is 0.244 e. The molecule has 150 valence electrons. The van der Waals surface area contributed by atoms with E-state index in [1.54, 1.807) is 6.08 Å². The lowest BCUT2D eigenvalue weighted by Crippen LogP contribution is -2.23. The molecule has 0 atom stereocenters. The van der Waals surface area contributed by atoms with E-state index in [1.807, 2.05) is 81.4 Å². The third-order valence-electron chi connectivity index (χ3n) is 4.16. The Morgan fingerprint density at radius 1 is 1.00 bits per heavy atom. The van der Waals surface area contributed by atoms with Crippen molar-refractivity contribution in [2.75, 3.05) is 38.8 Å². The van der Waals surface area contributed by atoms with Gasteiger partial charge in [-0.2, -0.15) is 0 Å². The molecule has 1 amide bonds. The summed E-state index contributed by atoms with van der Waals surface area (Å²) >= 11 is 0. The van der Waals surface area contributed by atoms with E-state index in [0.717, 1.165) is 34.7 Å². The van der Waals surface area contributed by atoms with Gasteiger partial charge in [-0.25, -0.2) is 0 Å². The molecule has 0 saturated carbocycles. The summed E-state index contributed by atoms with van der Waals surface area (Å²) in [6.45, 7) is 5.63. The number of anilines is 1. The first kappa shape index (κ1) is 21.4. The minimum Gasteiger partial charge on any atom is -0.490 e. The van der Waals surface area contributed by atoms with Crippen molar-refractivity contribution in [3.05, 3.63) is 59.7 Å². The maximum Gasteiger partial charge on any atom is 0.244 e. The predicted octanol–water partition coefficient (Wildman–Crippen LogP) is 3.92. The van der Waals surface area contributed by atoms with E-state index in [0.29, 0.717) is 19.8 Å². The average Bonchev–Trinajstić information content (AvgIpc) is 2.69. The number of nitrogens with one attached hydrogen (secondary N) is 1. The molecule has 0 fully saturated rings. The lowest BCUT2D eigenvalue weighted by molar-refractivity contribution is -0.116. The minimum absolute atomic E-state index is 0.104. The molecule has 0 unspecified atom stereocenters. The van der Waals surface area contributed by atoms with Gasteiger partial charge >= 0.3 is 0 Å². The van der Waals surface area contributed by atoms with Gasteiger partial charge in [0.2, 0.25) is 5.91 Å². The Labute approximate surface area is 168 Å². The molecule has 0 aliphatic heterocycles. The van der Waals surface area contributed by atoms with Crippen molar-refractivity contribution in [1.29, 1.82) is 0 Å². The fourth-order valence-electron chi connectivity index (χ4n) is 2.70. The quantitative estimate of drug-likeness (QED) is 0.633. The van der Waals surface area contributed by atoms with E-state index in [-0.39, 0.29) is 5.91 Å². The van der Waals surface area contributed by atoms with Crippen molar-refractivity contribution in [1.82, 2.24) is 5.32 Å².